The molecule has 25 heavy (non-hydrogen) atoms. The highest BCUT2D eigenvalue weighted by Gasteiger charge is 2.38. The lowest BCUT2D eigenvalue weighted by atomic mass is 9.88. The Balaban J connectivity index is 1.53. The maximum atomic E-state index is 12.8. The van der Waals surface area contributed by atoms with E-state index in [0.717, 1.165) is 25.1 Å². The Morgan fingerprint density at radius 1 is 1.04 bits per heavy atom. The molecule has 2 aromatic rings. The van der Waals surface area contributed by atoms with E-state index in [2.05, 4.69) is 17.4 Å². The molecular formula is C21H21NO3. The molecule has 0 bridgehead atoms. The SMILES string of the molecule is O=C1CC(C(=O)OC2CCNCC2c2ccccc2)c2ccccc21. The first kappa shape index (κ1) is 16.0. The van der Waals surface area contributed by atoms with Crippen LogP contribution >= 0.6 is 0 Å². The molecule has 0 spiro atoms. The molecule has 3 atom stereocenters. The number of fused-ring (bicyclic) bond motifs is 1. The van der Waals surface area contributed by atoms with Crippen molar-refractivity contribution in [2.24, 2.45) is 0 Å². The van der Waals surface area contributed by atoms with E-state index in [9.17, 15) is 9.59 Å². The lowest BCUT2D eigenvalue weighted by molar-refractivity contribution is -0.153. The fourth-order valence-corrected chi connectivity index (χ4v) is 3.91. The number of rotatable bonds is 3. The van der Waals surface area contributed by atoms with Crippen LogP contribution < -0.4 is 5.32 Å². The van der Waals surface area contributed by atoms with Gasteiger partial charge in [0.2, 0.25) is 0 Å². The standard InChI is InChI=1S/C21H21NO3/c23-19-12-17(15-8-4-5-9-16(15)19)21(24)25-20-10-11-22-13-18(20)14-6-2-1-3-7-14/h1-9,17-18,20,22H,10-13H2. The molecule has 0 saturated carbocycles. The van der Waals surface area contributed by atoms with Crippen LogP contribution in [0.4, 0.5) is 0 Å². The van der Waals surface area contributed by atoms with E-state index in [4.69, 9.17) is 4.74 Å². The molecule has 4 rings (SSSR count). The molecule has 2 aliphatic rings. The lowest BCUT2D eigenvalue weighted by Gasteiger charge is -2.32. The van der Waals surface area contributed by atoms with Gasteiger partial charge < -0.3 is 10.1 Å². The van der Waals surface area contributed by atoms with Crippen LogP contribution in [0.5, 0.6) is 0 Å². The van der Waals surface area contributed by atoms with Crippen molar-refractivity contribution < 1.29 is 14.3 Å². The van der Waals surface area contributed by atoms with Crippen molar-refractivity contribution in [1.82, 2.24) is 5.32 Å². The second-order valence-corrected chi connectivity index (χ2v) is 6.75. The van der Waals surface area contributed by atoms with Gasteiger partial charge in [-0.2, -0.15) is 0 Å². The van der Waals surface area contributed by atoms with Gasteiger partial charge in [-0.25, -0.2) is 0 Å². The van der Waals surface area contributed by atoms with Crippen molar-refractivity contribution in [3.63, 3.8) is 0 Å². The second kappa shape index (κ2) is 6.81. The highest BCUT2D eigenvalue weighted by Crippen LogP contribution is 2.35. The Kier molecular flexibility index (Phi) is 4.36. The zero-order valence-corrected chi connectivity index (χ0v) is 14.0. The van der Waals surface area contributed by atoms with Crippen molar-refractivity contribution in [2.75, 3.05) is 13.1 Å². The molecule has 0 aromatic heterocycles. The summed E-state index contributed by atoms with van der Waals surface area (Å²) >= 11 is 0. The molecule has 1 saturated heterocycles. The number of carbonyl (C=O) groups is 2. The molecule has 0 amide bonds. The number of carbonyl (C=O) groups excluding carboxylic acids is 2. The first-order valence-electron chi connectivity index (χ1n) is 8.82. The molecule has 3 unspecified atom stereocenters. The van der Waals surface area contributed by atoms with Gasteiger partial charge in [0.15, 0.2) is 5.78 Å². The number of piperidine rings is 1. The Morgan fingerprint density at radius 2 is 1.80 bits per heavy atom. The predicted molar refractivity (Wildman–Crippen MR) is 94.7 cm³/mol. The van der Waals surface area contributed by atoms with E-state index in [1.54, 1.807) is 6.07 Å². The summed E-state index contributed by atoms with van der Waals surface area (Å²) in [5, 5.41) is 3.38. The zero-order valence-electron chi connectivity index (χ0n) is 14.0. The minimum Gasteiger partial charge on any atom is -0.461 e. The zero-order chi connectivity index (χ0) is 17.2. The summed E-state index contributed by atoms with van der Waals surface area (Å²) in [7, 11) is 0. The van der Waals surface area contributed by atoms with Crippen LogP contribution in [0.25, 0.3) is 0 Å². The number of ketones is 1. The van der Waals surface area contributed by atoms with Crippen molar-refractivity contribution in [2.45, 2.75) is 30.8 Å². The van der Waals surface area contributed by atoms with Gasteiger partial charge in [-0.3, -0.25) is 9.59 Å². The van der Waals surface area contributed by atoms with Gasteiger partial charge in [-0.05, 0) is 24.1 Å². The van der Waals surface area contributed by atoms with E-state index >= 15 is 0 Å². The normalized spacial score (nSPS) is 25.4. The molecule has 1 aliphatic carbocycles. The Bertz CT molecular complexity index is 787. The van der Waals surface area contributed by atoms with Crippen molar-refractivity contribution in [3.05, 3.63) is 71.3 Å². The summed E-state index contributed by atoms with van der Waals surface area (Å²) in [6.45, 7) is 1.63. The minimum atomic E-state index is -0.463. The molecule has 1 heterocycles. The molecule has 2 aromatic carbocycles. The molecular weight excluding hydrogens is 314 g/mol. The van der Waals surface area contributed by atoms with Crippen LogP contribution in [0.15, 0.2) is 54.6 Å². The van der Waals surface area contributed by atoms with Crippen molar-refractivity contribution >= 4 is 11.8 Å². The summed E-state index contributed by atoms with van der Waals surface area (Å²) in [5.74, 6) is -0.560. The van der Waals surface area contributed by atoms with Crippen molar-refractivity contribution in [1.29, 1.82) is 0 Å². The first-order chi connectivity index (χ1) is 12.2. The Hall–Kier alpha value is -2.46. The number of hydrogen-bond donors (Lipinski definition) is 1. The number of nitrogens with one attached hydrogen (secondary N) is 1. The highest BCUT2D eigenvalue weighted by atomic mass is 16.5. The maximum absolute atomic E-state index is 12.8. The molecule has 128 valence electrons. The average Bonchev–Trinajstić information content (AvgIpc) is 3.00. The number of benzene rings is 2. The maximum Gasteiger partial charge on any atom is 0.314 e. The van der Waals surface area contributed by atoms with Gasteiger partial charge in [0.1, 0.15) is 6.10 Å². The van der Waals surface area contributed by atoms with Gasteiger partial charge in [-0.1, -0.05) is 54.6 Å². The van der Waals surface area contributed by atoms with Crippen molar-refractivity contribution in [3.8, 4) is 0 Å². The largest absolute Gasteiger partial charge is 0.461 e. The van der Waals surface area contributed by atoms with Crippen LogP contribution in [0, 0.1) is 0 Å². The number of hydrogen-bond acceptors (Lipinski definition) is 4. The molecule has 1 aliphatic heterocycles. The molecule has 4 heteroatoms. The first-order valence-corrected chi connectivity index (χ1v) is 8.82. The molecule has 0 radical (unpaired) electrons. The number of esters is 1. The summed E-state index contributed by atoms with van der Waals surface area (Å²) in [4.78, 5) is 24.9. The lowest BCUT2D eigenvalue weighted by Crippen LogP contribution is -2.41. The van der Waals surface area contributed by atoms with Crippen LogP contribution in [-0.2, 0) is 9.53 Å². The third-order valence-corrected chi connectivity index (χ3v) is 5.22. The van der Waals surface area contributed by atoms with Crippen LogP contribution in [0.3, 0.4) is 0 Å². The Labute approximate surface area is 147 Å². The summed E-state index contributed by atoms with van der Waals surface area (Å²) < 4.78 is 5.92. The highest BCUT2D eigenvalue weighted by molar-refractivity contribution is 6.05. The van der Waals surface area contributed by atoms with Gasteiger partial charge >= 0.3 is 5.97 Å². The van der Waals surface area contributed by atoms with Gasteiger partial charge in [0.05, 0.1) is 5.92 Å². The minimum absolute atomic E-state index is 0.0301. The number of Topliss-reactive ketones (excluding diaryl/α,β-unsaturated/α-hetero) is 1. The van der Waals surface area contributed by atoms with Crippen LogP contribution in [0.2, 0.25) is 0 Å². The molecule has 1 N–H and O–H groups in total. The van der Waals surface area contributed by atoms with Gasteiger partial charge in [0.25, 0.3) is 0 Å². The summed E-state index contributed by atoms with van der Waals surface area (Å²) in [6.07, 6.45) is 0.853. The predicted octanol–water partition coefficient (Wildman–Crippen LogP) is 3.05. The number of ether oxygens (including phenoxy) is 1. The quantitative estimate of drug-likeness (QED) is 0.876. The fourth-order valence-electron chi connectivity index (χ4n) is 3.91. The Morgan fingerprint density at radius 3 is 2.64 bits per heavy atom. The summed E-state index contributed by atoms with van der Waals surface area (Å²) in [5.41, 5.74) is 2.65. The second-order valence-electron chi connectivity index (χ2n) is 6.75. The smallest absolute Gasteiger partial charge is 0.314 e. The van der Waals surface area contributed by atoms with Crippen LogP contribution in [-0.4, -0.2) is 30.9 Å². The van der Waals surface area contributed by atoms with E-state index in [1.807, 2.05) is 36.4 Å². The topological polar surface area (TPSA) is 55.4 Å². The van der Waals surface area contributed by atoms with Gasteiger partial charge in [0, 0.05) is 24.4 Å². The van der Waals surface area contributed by atoms with Gasteiger partial charge in [-0.15, -0.1) is 0 Å². The third-order valence-electron chi connectivity index (χ3n) is 5.22. The third kappa shape index (κ3) is 3.10. The monoisotopic (exact) mass is 335 g/mol. The van der Waals surface area contributed by atoms with Crippen LogP contribution in [0.1, 0.15) is 46.2 Å². The molecule has 4 nitrogen and oxygen atoms in total. The van der Waals surface area contributed by atoms with E-state index in [-0.39, 0.29) is 30.2 Å². The fraction of sp³-hybridized carbons (Fsp3) is 0.333. The van der Waals surface area contributed by atoms with E-state index in [1.165, 1.54) is 5.56 Å². The van der Waals surface area contributed by atoms with E-state index in [0.29, 0.717) is 5.56 Å². The average molecular weight is 335 g/mol. The van der Waals surface area contributed by atoms with E-state index < -0.39 is 5.92 Å². The summed E-state index contributed by atoms with van der Waals surface area (Å²) in [6, 6.07) is 17.5. The molecule has 1 fully saturated rings.